The van der Waals surface area contributed by atoms with Crippen LogP contribution in [0.25, 0.3) is 0 Å². The summed E-state index contributed by atoms with van der Waals surface area (Å²) in [6.45, 7) is 3.59. The molecule has 0 spiro atoms. The summed E-state index contributed by atoms with van der Waals surface area (Å²) in [7, 11) is 0. The van der Waals surface area contributed by atoms with Crippen molar-refractivity contribution < 1.29 is 24.9 Å². The molecule has 3 N–H and O–H groups in total. The van der Waals surface area contributed by atoms with Crippen molar-refractivity contribution in [1.82, 2.24) is 4.90 Å². The lowest BCUT2D eigenvalue weighted by Crippen LogP contribution is -2.41. The molecule has 2 rings (SSSR count). The maximum atomic E-state index is 12.6. The Labute approximate surface area is 123 Å². The van der Waals surface area contributed by atoms with Gasteiger partial charge in [-0.2, -0.15) is 0 Å². The Morgan fingerprint density at radius 2 is 1.90 bits per heavy atom. The number of aliphatic hydroxyl groups is 1. The topological polar surface area (TPSA) is 90.2 Å². The molecule has 1 aromatic rings. The van der Waals surface area contributed by atoms with Gasteiger partial charge >= 0.3 is 0 Å². The van der Waals surface area contributed by atoms with E-state index in [4.69, 9.17) is 4.74 Å². The van der Waals surface area contributed by atoms with Crippen LogP contribution in [0.5, 0.6) is 11.5 Å². The first-order chi connectivity index (χ1) is 10.1. The summed E-state index contributed by atoms with van der Waals surface area (Å²) in [5.74, 6) is -0.574. The number of carbonyl (C=O) groups excluding carboxylic acids is 1. The number of morpholine rings is 1. The zero-order chi connectivity index (χ0) is 15.4. The quantitative estimate of drug-likeness (QED) is 0.759. The van der Waals surface area contributed by atoms with Gasteiger partial charge in [-0.3, -0.25) is 4.79 Å². The van der Waals surface area contributed by atoms with Gasteiger partial charge < -0.3 is 25.0 Å². The molecule has 0 unspecified atom stereocenters. The number of aliphatic hydroxyl groups excluding tert-OH is 1. The molecule has 0 atom stereocenters. The molecule has 6 nitrogen and oxygen atoms in total. The van der Waals surface area contributed by atoms with Crippen LogP contribution in [0.3, 0.4) is 0 Å². The van der Waals surface area contributed by atoms with E-state index in [1.54, 1.807) is 4.90 Å². The predicted octanol–water partition coefficient (Wildman–Crippen LogP) is 0.667. The summed E-state index contributed by atoms with van der Waals surface area (Å²) >= 11 is 0. The molecular formula is C15H21NO5. The Balaban J connectivity index is 2.47. The lowest BCUT2D eigenvalue weighted by molar-refractivity contribution is 0.0300. The van der Waals surface area contributed by atoms with Gasteiger partial charge in [0.05, 0.1) is 18.8 Å². The summed E-state index contributed by atoms with van der Waals surface area (Å²) in [5, 5.41) is 29.3. The van der Waals surface area contributed by atoms with E-state index in [9.17, 15) is 20.1 Å². The third-order valence-corrected chi connectivity index (χ3v) is 3.73. The number of phenols is 2. The van der Waals surface area contributed by atoms with E-state index < -0.39 is 0 Å². The van der Waals surface area contributed by atoms with Crippen molar-refractivity contribution in [3.63, 3.8) is 0 Å². The molecule has 1 fully saturated rings. The summed E-state index contributed by atoms with van der Waals surface area (Å²) in [4.78, 5) is 14.3. The Bertz CT molecular complexity index is 523. The van der Waals surface area contributed by atoms with E-state index in [0.717, 1.165) is 0 Å². The van der Waals surface area contributed by atoms with Crippen LogP contribution in [0, 0.1) is 0 Å². The van der Waals surface area contributed by atoms with E-state index >= 15 is 0 Å². The highest BCUT2D eigenvalue weighted by Crippen LogP contribution is 2.34. The summed E-state index contributed by atoms with van der Waals surface area (Å²) in [6, 6.07) is 1.20. The number of hydrogen-bond acceptors (Lipinski definition) is 5. The number of amides is 1. The molecule has 1 aliphatic heterocycles. The number of ether oxygens (including phenoxy) is 1. The maximum Gasteiger partial charge on any atom is 0.258 e. The molecule has 116 valence electrons. The monoisotopic (exact) mass is 295 g/mol. The number of hydrogen-bond donors (Lipinski definition) is 3. The number of aromatic hydroxyl groups is 2. The van der Waals surface area contributed by atoms with E-state index in [1.165, 1.54) is 6.07 Å². The Morgan fingerprint density at radius 1 is 1.24 bits per heavy atom. The summed E-state index contributed by atoms with van der Waals surface area (Å²) in [5.41, 5.74) is 1.30. The standard InChI is InChI=1S/C15H21NO5/c1-2-10-11(3-6-17)14(13(19)9-12(10)18)15(20)16-4-7-21-8-5-16/h9,17-19H,2-8H2,1H3. The van der Waals surface area contributed by atoms with Gasteiger partial charge in [-0.15, -0.1) is 0 Å². The molecule has 1 amide bonds. The third kappa shape index (κ3) is 3.11. The molecule has 0 aromatic heterocycles. The summed E-state index contributed by atoms with van der Waals surface area (Å²) < 4.78 is 5.22. The van der Waals surface area contributed by atoms with Crippen LogP contribution in [0.15, 0.2) is 6.07 Å². The maximum absolute atomic E-state index is 12.6. The average Bonchev–Trinajstić information content (AvgIpc) is 2.48. The largest absolute Gasteiger partial charge is 0.508 e. The minimum Gasteiger partial charge on any atom is -0.508 e. The number of carbonyl (C=O) groups is 1. The molecule has 1 aromatic carbocycles. The fourth-order valence-electron chi connectivity index (χ4n) is 2.69. The third-order valence-electron chi connectivity index (χ3n) is 3.73. The smallest absolute Gasteiger partial charge is 0.258 e. The van der Waals surface area contributed by atoms with Gasteiger partial charge in [-0.25, -0.2) is 0 Å². The number of nitrogens with zero attached hydrogens (tertiary/aromatic N) is 1. The molecule has 1 saturated heterocycles. The van der Waals surface area contributed by atoms with Crippen LogP contribution in [0.2, 0.25) is 0 Å². The van der Waals surface area contributed by atoms with Crippen molar-refractivity contribution in [3.8, 4) is 11.5 Å². The van der Waals surface area contributed by atoms with Gasteiger partial charge in [0.15, 0.2) is 0 Å². The molecule has 21 heavy (non-hydrogen) atoms. The van der Waals surface area contributed by atoms with Crippen molar-refractivity contribution in [1.29, 1.82) is 0 Å². The molecule has 0 radical (unpaired) electrons. The first-order valence-electron chi connectivity index (χ1n) is 7.14. The van der Waals surface area contributed by atoms with E-state index in [2.05, 4.69) is 0 Å². The average molecular weight is 295 g/mol. The van der Waals surface area contributed by atoms with Crippen molar-refractivity contribution in [2.45, 2.75) is 19.8 Å². The van der Waals surface area contributed by atoms with Crippen LogP contribution in [0.4, 0.5) is 0 Å². The van der Waals surface area contributed by atoms with E-state index in [0.29, 0.717) is 43.9 Å². The highest BCUT2D eigenvalue weighted by atomic mass is 16.5. The first kappa shape index (κ1) is 15.6. The number of phenolic OH excluding ortho intramolecular Hbond substituents is 2. The van der Waals surface area contributed by atoms with Gasteiger partial charge in [0, 0.05) is 25.8 Å². The Hall–Kier alpha value is -1.79. The first-order valence-corrected chi connectivity index (χ1v) is 7.14. The summed E-state index contributed by atoms with van der Waals surface area (Å²) in [6.07, 6.45) is 0.737. The SMILES string of the molecule is CCc1c(O)cc(O)c(C(=O)N2CCOCC2)c1CCO. The molecular weight excluding hydrogens is 274 g/mol. The zero-order valence-corrected chi connectivity index (χ0v) is 12.1. The molecule has 0 saturated carbocycles. The predicted molar refractivity (Wildman–Crippen MR) is 76.7 cm³/mol. The highest BCUT2D eigenvalue weighted by Gasteiger charge is 2.26. The molecule has 0 aliphatic carbocycles. The van der Waals surface area contributed by atoms with Gasteiger partial charge in [0.1, 0.15) is 11.5 Å². The second-order valence-electron chi connectivity index (χ2n) is 4.98. The molecule has 6 heteroatoms. The minimum absolute atomic E-state index is 0.0445. The van der Waals surface area contributed by atoms with Crippen LogP contribution in [0.1, 0.15) is 28.4 Å². The minimum atomic E-state index is -0.283. The molecule has 1 heterocycles. The van der Waals surface area contributed by atoms with Crippen LogP contribution < -0.4 is 0 Å². The number of benzene rings is 1. The second kappa shape index (κ2) is 6.78. The highest BCUT2D eigenvalue weighted by molar-refractivity contribution is 5.99. The van der Waals surface area contributed by atoms with Crippen molar-refractivity contribution >= 4 is 5.91 Å². The normalized spacial score (nSPS) is 15.2. The van der Waals surface area contributed by atoms with Crippen LogP contribution >= 0.6 is 0 Å². The van der Waals surface area contributed by atoms with Crippen molar-refractivity contribution in [2.75, 3.05) is 32.9 Å². The lowest BCUT2D eigenvalue weighted by Gasteiger charge is -2.28. The van der Waals surface area contributed by atoms with Crippen LogP contribution in [-0.2, 0) is 17.6 Å². The Kier molecular flexibility index (Phi) is 5.03. The lowest BCUT2D eigenvalue weighted by atomic mass is 9.94. The fraction of sp³-hybridized carbons (Fsp3) is 0.533. The van der Waals surface area contributed by atoms with E-state index in [1.807, 2.05) is 6.92 Å². The van der Waals surface area contributed by atoms with Gasteiger partial charge in [0.2, 0.25) is 0 Å². The van der Waals surface area contributed by atoms with Gasteiger partial charge in [-0.1, -0.05) is 6.92 Å². The Morgan fingerprint density at radius 3 is 2.48 bits per heavy atom. The zero-order valence-electron chi connectivity index (χ0n) is 12.1. The van der Waals surface area contributed by atoms with Gasteiger partial charge in [0.25, 0.3) is 5.91 Å². The second-order valence-corrected chi connectivity index (χ2v) is 4.98. The van der Waals surface area contributed by atoms with Gasteiger partial charge in [-0.05, 0) is 24.0 Å². The molecule has 0 bridgehead atoms. The van der Waals surface area contributed by atoms with E-state index in [-0.39, 0.29) is 36.0 Å². The number of rotatable bonds is 4. The van der Waals surface area contributed by atoms with Crippen LogP contribution in [-0.4, -0.2) is 59.0 Å². The molecule has 1 aliphatic rings. The fourth-order valence-corrected chi connectivity index (χ4v) is 2.69. The van der Waals surface area contributed by atoms with Crippen molar-refractivity contribution in [3.05, 3.63) is 22.8 Å². The van der Waals surface area contributed by atoms with Crippen molar-refractivity contribution in [2.24, 2.45) is 0 Å².